The molecular formula is C16H22FNO2. The van der Waals surface area contributed by atoms with Crippen LogP contribution in [0.5, 0.6) is 5.75 Å². The van der Waals surface area contributed by atoms with Gasteiger partial charge in [0.2, 0.25) is 0 Å². The first-order chi connectivity index (χ1) is 9.47. The minimum absolute atomic E-state index is 0.0704. The molecule has 0 unspecified atom stereocenters. The number of Topliss-reactive ketones (excluding diaryl/α,β-unsaturated/α-hetero) is 1. The molecule has 0 aromatic heterocycles. The summed E-state index contributed by atoms with van der Waals surface area (Å²) in [5.74, 6) is -0.118. The van der Waals surface area contributed by atoms with Crippen molar-refractivity contribution < 1.29 is 14.3 Å². The lowest BCUT2D eigenvalue weighted by molar-refractivity contribution is 0.0885. The maximum Gasteiger partial charge on any atom is 0.180 e. The Hall–Kier alpha value is -1.42. The monoisotopic (exact) mass is 279 g/mol. The van der Waals surface area contributed by atoms with Crippen molar-refractivity contribution in [2.24, 2.45) is 5.92 Å². The molecule has 0 saturated heterocycles. The fourth-order valence-electron chi connectivity index (χ4n) is 2.86. The smallest absolute Gasteiger partial charge is 0.180 e. The summed E-state index contributed by atoms with van der Waals surface area (Å²) in [5, 5.41) is 9.66. The van der Waals surface area contributed by atoms with Crippen LogP contribution in [0.2, 0.25) is 0 Å². The average Bonchev–Trinajstić information content (AvgIpc) is 2.42. The number of aromatic hydroxyl groups is 1. The van der Waals surface area contributed by atoms with Crippen LogP contribution in [0.1, 0.15) is 43.0 Å². The van der Waals surface area contributed by atoms with Crippen LogP contribution in [0.25, 0.3) is 0 Å². The summed E-state index contributed by atoms with van der Waals surface area (Å²) in [4.78, 5) is 14.2. The van der Waals surface area contributed by atoms with Gasteiger partial charge in [0.1, 0.15) is 11.6 Å². The second-order valence-electron chi connectivity index (χ2n) is 5.91. The van der Waals surface area contributed by atoms with E-state index in [1.54, 1.807) is 0 Å². The molecule has 0 heterocycles. The third-order valence-corrected chi connectivity index (χ3v) is 4.26. The first kappa shape index (κ1) is 15.0. The third kappa shape index (κ3) is 3.57. The summed E-state index contributed by atoms with van der Waals surface area (Å²) in [5.41, 5.74) is 0.0704. The number of benzene rings is 1. The van der Waals surface area contributed by atoms with Gasteiger partial charge in [-0.3, -0.25) is 9.69 Å². The Labute approximate surface area is 119 Å². The van der Waals surface area contributed by atoms with Crippen LogP contribution < -0.4 is 0 Å². The van der Waals surface area contributed by atoms with Crippen molar-refractivity contribution in [2.45, 2.75) is 38.6 Å². The Balaban J connectivity index is 1.98. The van der Waals surface area contributed by atoms with E-state index in [0.717, 1.165) is 30.9 Å². The quantitative estimate of drug-likeness (QED) is 0.860. The first-order valence-corrected chi connectivity index (χ1v) is 7.19. The van der Waals surface area contributed by atoms with E-state index in [-0.39, 0.29) is 23.6 Å². The van der Waals surface area contributed by atoms with E-state index >= 15 is 0 Å². The molecule has 0 amide bonds. The number of phenols is 1. The van der Waals surface area contributed by atoms with E-state index in [9.17, 15) is 14.3 Å². The number of carbonyl (C=O) groups is 1. The fourth-order valence-corrected chi connectivity index (χ4v) is 2.86. The van der Waals surface area contributed by atoms with Gasteiger partial charge in [0.25, 0.3) is 0 Å². The molecule has 1 N–H and O–H groups in total. The molecule has 110 valence electrons. The summed E-state index contributed by atoms with van der Waals surface area (Å²) in [7, 11) is 1.93. The molecular weight excluding hydrogens is 257 g/mol. The van der Waals surface area contributed by atoms with Gasteiger partial charge in [-0.1, -0.05) is 6.92 Å². The Morgan fingerprint density at radius 1 is 1.35 bits per heavy atom. The average molecular weight is 279 g/mol. The van der Waals surface area contributed by atoms with Gasteiger partial charge in [0.05, 0.1) is 12.1 Å². The molecule has 3 nitrogen and oxygen atoms in total. The molecule has 20 heavy (non-hydrogen) atoms. The molecule has 0 atom stereocenters. The molecule has 1 aliphatic carbocycles. The molecule has 0 radical (unpaired) electrons. The van der Waals surface area contributed by atoms with E-state index in [4.69, 9.17) is 0 Å². The van der Waals surface area contributed by atoms with Crippen molar-refractivity contribution in [3.05, 3.63) is 29.6 Å². The highest BCUT2D eigenvalue weighted by atomic mass is 19.1. The Kier molecular flexibility index (Phi) is 4.76. The zero-order valence-corrected chi connectivity index (χ0v) is 12.1. The summed E-state index contributed by atoms with van der Waals surface area (Å²) in [6.07, 6.45) is 4.57. The lowest BCUT2D eigenvalue weighted by atomic mass is 9.86. The zero-order valence-electron chi connectivity index (χ0n) is 12.1. The molecule has 0 aliphatic heterocycles. The van der Waals surface area contributed by atoms with E-state index in [1.165, 1.54) is 18.9 Å². The highest BCUT2D eigenvalue weighted by molar-refractivity contribution is 6.00. The molecule has 4 heteroatoms. The second-order valence-corrected chi connectivity index (χ2v) is 5.91. The van der Waals surface area contributed by atoms with Gasteiger partial charge in [-0.25, -0.2) is 4.39 Å². The topological polar surface area (TPSA) is 40.5 Å². The van der Waals surface area contributed by atoms with Gasteiger partial charge in [0, 0.05) is 6.04 Å². The normalized spacial score (nSPS) is 23.0. The van der Waals surface area contributed by atoms with Gasteiger partial charge < -0.3 is 5.11 Å². The van der Waals surface area contributed by atoms with E-state index in [1.807, 2.05) is 11.9 Å². The Morgan fingerprint density at radius 2 is 2.00 bits per heavy atom. The van der Waals surface area contributed by atoms with Gasteiger partial charge in [-0.2, -0.15) is 0 Å². The molecule has 2 rings (SSSR count). The van der Waals surface area contributed by atoms with Crippen molar-refractivity contribution in [1.82, 2.24) is 4.90 Å². The second kappa shape index (κ2) is 6.35. The summed E-state index contributed by atoms with van der Waals surface area (Å²) in [6.45, 7) is 2.47. The van der Waals surface area contributed by atoms with E-state index in [0.29, 0.717) is 6.04 Å². The molecule has 1 aromatic rings. The molecule has 1 aromatic carbocycles. The molecule has 0 spiro atoms. The van der Waals surface area contributed by atoms with Crippen LogP contribution in [0, 0.1) is 11.7 Å². The van der Waals surface area contributed by atoms with Crippen LogP contribution in [0.4, 0.5) is 4.39 Å². The van der Waals surface area contributed by atoms with Gasteiger partial charge in [0.15, 0.2) is 5.78 Å². The van der Waals surface area contributed by atoms with E-state index in [2.05, 4.69) is 6.92 Å². The number of hydrogen-bond acceptors (Lipinski definition) is 3. The largest absolute Gasteiger partial charge is 0.507 e. The summed E-state index contributed by atoms with van der Waals surface area (Å²) >= 11 is 0. The van der Waals surface area contributed by atoms with E-state index < -0.39 is 5.82 Å². The van der Waals surface area contributed by atoms with Crippen LogP contribution >= 0.6 is 0 Å². The molecule has 0 bridgehead atoms. The number of likely N-dealkylation sites (N-methyl/N-ethyl adjacent to an activating group) is 1. The Morgan fingerprint density at radius 3 is 2.65 bits per heavy atom. The molecule has 1 saturated carbocycles. The van der Waals surface area contributed by atoms with Gasteiger partial charge >= 0.3 is 0 Å². The number of rotatable bonds is 4. The number of ketones is 1. The van der Waals surface area contributed by atoms with Crippen LogP contribution in [0.3, 0.4) is 0 Å². The Bertz CT molecular complexity index is 481. The number of carbonyl (C=O) groups excluding carboxylic acids is 1. The predicted molar refractivity (Wildman–Crippen MR) is 76.4 cm³/mol. The highest BCUT2D eigenvalue weighted by Gasteiger charge is 2.24. The predicted octanol–water partition coefficient (Wildman–Crippen LogP) is 3.22. The number of halogens is 1. The maximum atomic E-state index is 13.2. The molecule has 1 fully saturated rings. The standard InChI is InChI=1S/C16H22FNO2/c1-11-3-6-13(7-4-11)18(2)10-16(20)14-9-12(17)5-8-15(14)19/h5,8-9,11,13,19H,3-4,6-7,10H2,1-2H3. The van der Waals surface area contributed by atoms with Crippen molar-refractivity contribution in [2.75, 3.05) is 13.6 Å². The van der Waals surface area contributed by atoms with Gasteiger partial charge in [-0.15, -0.1) is 0 Å². The highest BCUT2D eigenvalue weighted by Crippen LogP contribution is 2.27. The lowest BCUT2D eigenvalue weighted by Crippen LogP contribution is -2.38. The fraction of sp³-hybridized carbons (Fsp3) is 0.562. The van der Waals surface area contributed by atoms with Crippen LogP contribution in [0.15, 0.2) is 18.2 Å². The SMILES string of the molecule is CC1CCC(N(C)CC(=O)c2cc(F)ccc2O)CC1. The zero-order chi connectivity index (χ0) is 14.7. The first-order valence-electron chi connectivity index (χ1n) is 7.19. The van der Waals surface area contributed by atoms with Crippen molar-refractivity contribution in [1.29, 1.82) is 0 Å². The van der Waals surface area contributed by atoms with Crippen LogP contribution in [-0.2, 0) is 0 Å². The van der Waals surface area contributed by atoms with Gasteiger partial charge in [-0.05, 0) is 56.8 Å². The third-order valence-electron chi connectivity index (χ3n) is 4.26. The number of hydrogen-bond donors (Lipinski definition) is 1. The van der Waals surface area contributed by atoms with Crippen molar-refractivity contribution >= 4 is 5.78 Å². The lowest BCUT2D eigenvalue weighted by Gasteiger charge is -2.33. The molecule has 1 aliphatic rings. The van der Waals surface area contributed by atoms with Crippen molar-refractivity contribution in [3.8, 4) is 5.75 Å². The maximum absolute atomic E-state index is 13.2. The summed E-state index contributed by atoms with van der Waals surface area (Å²) in [6, 6.07) is 3.89. The minimum Gasteiger partial charge on any atom is -0.507 e. The van der Waals surface area contributed by atoms with Crippen molar-refractivity contribution in [3.63, 3.8) is 0 Å². The number of nitrogens with zero attached hydrogens (tertiary/aromatic N) is 1. The van der Waals surface area contributed by atoms with Crippen LogP contribution in [-0.4, -0.2) is 35.4 Å². The minimum atomic E-state index is -0.500. The summed E-state index contributed by atoms with van der Waals surface area (Å²) < 4.78 is 13.2. The number of phenolic OH excluding ortho intramolecular Hbond substituents is 1.